The number of rotatable bonds is 11. The standard InChI is InChI=1S/C28H33N3O5S/c1-4-16-29-28(33)20(2)30(19-21-9-5-12-23(18-21)36-3)26(32)15-8-17-31-24-13-6-10-22-11-7-14-25(27(22)24)37(31,34)35/h5-7,9-14,18,20H,4,8,15-17,19H2,1-3H3,(H,29,33). The first-order valence-electron chi connectivity index (χ1n) is 12.5. The highest BCUT2D eigenvalue weighted by atomic mass is 32.2. The van der Waals surface area contributed by atoms with Crippen molar-refractivity contribution in [3.8, 4) is 5.75 Å². The number of hydrogen-bond donors (Lipinski definition) is 1. The SMILES string of the molecule is CCCNC(=O)C(C)N(Cc1cccc(OC)c1)C(=O)CCCN1c2cccc3cccc(c23)S1(=O)=O. The fourth-order valence-corrected chi connectivity index (χ4v) is 6.41. The molecule has 1 aliphatic heterocycles. The van der Waals surface area contributed by atoms with E-state index in [0.29, 0.717) is 29.3 Å². The van der Waals surface area contributed by atoms with Crippen LogP contribution in [0.15, 0.2) is 65.6 Å². The molecule has 1 N–H and O–H groups in total. The van der Waals surface area contributed by atoms with Crippen LogP contribution in [-0.2, 0) is 26.2 Å². The number of amides is 2. The summed E-state index contributed by atoms with van der Waals surface area (Å²) in [5.41, 5.74) is 1.48. The van der Waals surface area contributed by atoms with E-state index >= 15 is 0 Å². The average molecular weight is 524 g/mol. The van der Waals surface area contributed by atoms with Gasteiger partial charge in [-0.2, -0.15) is 0 Å². The summed E-state index contributed by atoms with van der Waals surface area (Å²) < 4.78 is 33.2. The van der Waals surface area contributed by atoms with E-state index in [-0.39, 0.29) is 31.3 Å². The van der Waals surface area contributed by atoms with Crippen LogP contribution < -0.4 is 14.4 Å². The molecular weight excluding hydrogens is 490 g/mol. The lowest BCUT2D eigenvalue weighted by Crippen LogP contribution is -2.47. The highest BCUT2D eigenvalue weighted by Gasteiger charge is 2.35. The molecule has 9 heteroatoms. The molecule has 1 unspecified atom stereocenters. The number of methoxy groups -OCH3 is 1. The van der Waals surface area contributed by atoms with Gasteiger partial charge in [-0.15, -0.1) is 0 Å². The number of nitrogens with zero attached hydrogens (tertiary/aromatic N) is 2. The minimum absolute atomic E-state index is 0.105. The molecule has 1 aliphatic rings. The maximum Gasteiger partial charge on any atom is 0.265 e. The van der Waals surface area contributed by atoms with Gasteiger partial charge in [-0.25, -0.2) is 8.42 Å². The minimum Gasteiger partial charge on any atom is -0.497 e. The molecule has 0 saturated carbocycles. The molecule has 196 valence electrons. The number of sulfonamides is 1. The zero-order valence-corrected chi connectivity index (χ0v) is 22.3. The molecule has 0 aromatic heterocycles. The van der Waals surface area contributed by atoms with Crippen molar-refractivity contribution < 1.29 is 22.7 Å². The first-order valence-corrected chi connectivity index (χ1v) is 14.0. The Morgan fingerprint density at radius 1 is 1.08 bits per heavy atom. The number of anilines is 1. The lowest BCUT2D eigenvalue weighted by Gasteiger charge is -2.29. The van der Waals surface area contributed by atoms with Crippen LogP contribution in [0.5, 0.6) is 5.75 Å². The molecule has 2 amide bonds. The Balaban J connectivity index is 1.49. The Morgan fingerprint density at radius 2 is 1.81 bits per heavy atom. The Hall–Kier alpha value is -3.59. The molecule has 0 radical (unpaired) electrons. The predicted octanol–water partition coefficient (Wildman–Crippen LogP) is 4.08. The third-order valence-corrected chi connectivity index (χ3v) is 8.49. The second-order valence-corrected chi connectivity index (χ2v) is 11.0. The normalized spacial score (nSPS) is 14.4. The average Bonchev–Trinajstić information content (AvgIpc) is 3.13. The molecule has 4 rings (SSSR count). The van der Waals surface area contributed by atoms with Crippen LogP contribution in [-0.4, -0.2) is 51.4 Å². The van der Waals surface area contributed by atoms with E-state index in [9.17, 15) is 18.0 Å². The van der Waals surface area contributed by atoms with E-state index in [1.165, 1.54) is 4.31 Å². The van der Waals surface area contributed by atoms with Crippen LogP contribution in [0.2, 0.25) is 0 Å². The molecule has 1 heterocycles. The van der Waals surface area contributed by atoms with Crippen LogP contribution in [0.25, 0.3) is 10.8 Å². The number of carbonyl (C=O) groups excluding carboxylic acids is 2. The van der Waals surface area contributed by atoms with Gasteiger partial charge in [0.1, 0.15) is 11.8 Å². The first kappa shape index (κ1) is 26.5. The summed E-state index contributed by atoms with van der Waals surface area (Å²) in [7, 11) is -2.11. The molecule has 0 saturated heterocycles. The molecular formula is C28H33N3O5S. The second-order valence-electron chi connectivity index (χ2n) is 9.15. The zero-order chi connectivity index (χ0) is 26.6. The van der Waals surface area contributed by atoms with E-state index in [1.807, 2.05) is 49.4 Å². The number of carbonyl (C=O) groups is 2. The Kier molecular flexibility index (Phi) is 8.02. The van der Waals surface area contributed by atoms with E-state index < -0.39 is 16.1 Å². The van der Waals surface area contributed by atoms with Gasteiger partial charge in [-0.05, 0) is 55.0 Å². The van der Waals surface area contributed by atoms with Crippen LogP contribution in [0.3, 0.4) is 0 Å². The van der Waals surface area contributed by atoms with Crippen LogP contribution >= 0.6 is 0 Å². The second kappa shape index (κ2) is 11.2. The van der Waals surface area contributed by atoms with E-state index in [1.54, 1.807) is 37.1 Å². The highest BCUT2D eigenvalue weighted by Crippen LogP contribution is 2.42. The smallest absolute Gasteiger partial charge is 0.265 e. The lowest BCUT2D eigenvalue weighted by atomic mass is 10.1. The van der Waals surface area contributed by atoms with Crippen molar-refractivity contribution in [1.82, 2.24) is 10.2 Å². The van der Waals surface area contributed by atoms with Crippen molar-refractivity contribution in [1.29, 1.82) is 0 Å². The fraction of sp³-hybridized carbons (Fsp3) is 0.357. The first-order chi connectivity index (χ1) is 17.8. The summed E-state index contributed by atoms with van der Waals surface area (Å²) >= 11 is 0. The van der Waals surface area contributed by atoms with Gasteiger partial charge < -0.3 is 15.0 Å². The maximum atomic E-state index is 13.4. The van der Waals surface area contributed by atoms with Crippen molar-refractivity contribution in [2.24, 2.45) is 0 Å². The minimum atomic E-state index is -3.68. The topological polar surface area (TPSA) is 96.0 Å². The lowest BCUT2D eigenvalue weighted by molar-refractivity contribution is -0.140. The Labute approximate surface area is 218 Å². The van der Waals surface area contributed by atoms with Gasteiger partial charge in [-0.3, -0.25) is 13.9 Å². The summed E-state index contributed by atoms with van der Waals surface area (Å²) in [6.45, 7) is 4.62. The Morgan fingerprint density at radius 3 is 2.54 bits per heavy atom. The van der Waals surface area contributed by atoms with Gasteiger partial charge in [0, 0.05) is 31.4 Å². The summed E-state index contributed by atoms with van der Waals surface area (Å²) in [5.74, 6) is 0.234. The van der Waals surface area contributed by atoms with E-state index in [2.05, 4.69) is 5.32 Å². The predicted molar refractivity (Wildman–Crippen MR) is 144 cm³/mol. The third-order valence-electron chi connectivity index (χ3n) is 6.64. The molecule has 0 fully saturated rings. The van der Waals surface area contributed by atoms with Crippen molar-refractivity contribution in [3.05, 3.63) is 66.2 Å². The molecule has 8 nitrogen and oxygen atoms in total. The van der Waals surface area contributed by atoms with Gasteiger partial charge in [0.15, 0.2) is 0 Å². The maximum absolute atomic E-state index is 13.4. The third kappa shape index (κ3) is 5.41. The largest absolute Gasteiger partial charge is 0.497 e. The van der Waals surface area contributed by atoms with Crippen molar-refractivity contribution in [2.45, 2.75) is 50.6 Å². The molecule has 0 spiro atoms. The Bertz CT molecular complexity index is 1400. The highest BCUT2D eigenvalue weighted by molar-refractivity contribution is 7.93. The van der Waals surface area contributed by atoms with Crippen molar-refractivity contribution in [2.75, 3.05) is 24.5 Å². The summed E-state index contributed by atoms with van der Waals surface area (Å²) in [4.78, 5) is 28.0. The molecule has 1 atom stereocenters. The van der Waals surface area contributed by atoms with Gasteiger partial charge in [0.05, 0.1) is 17.7 Å². The monoisotopic (exact) mass is 523 g/mol. The van der Waals surface area contributed by atoms with Crippen molar-refractivity contribution >= 4 is 38.3 Å². The van der Waals surface area contributed by atoms with Gasteiger partial charge in [-0.1, -0.05) is 43.3 Å². The molecule has 0 aliphatic carbocycles. The molecule has 37 heavy (non-hydrogen) atoms. The van der Waals surface area contributed by atoms with Gasteiger partial charge in [0.2, 0.25) is 11.8 Å². The van der Waals surface area contributed by atoms with Crippen LogP contribution in [0, 0.1) is 0 Å². The zero-order valence-electron chi connectivity index (χ0n) is 21.4. The number of benzene rings is 3. The number of ether oxygens (including phenoxy) is 1. The summed E-state index contributed by atoms with van der Waals surface area (Å²) in [5, 5.41) is 4.45. The molecule has 0 bridgehead atoms. The van der Waals surface area contributed by atoms with Crippen LogP contribution in [0.1, 0.15) is 38.7 Å². The van der Waals surface area contributed by atoms with Crippen molar-refractivity contribution in [3.63, 3.8) is 0 Å². The number of nitrogens with one attached hydrogen (secondary N) is 1. The molecule has 3 aromatic rings. The van der Waals surface area contributed by atoms with Gasteiger partial charge >= 0.3 is 0 Å². The number of hydrogen-bond acceptors (Lipinski definition) is 5. The van der Waals surface area contributed by atoms with E-state index in [4.69, 9.17) is 4.74 Å². The quantitative estimate of drug-likeness (QED) is 0.409. The molecule has 3 aromatic carbocycles. The summed E-state index contributed by atoms with van der Waals surface area (Å²) in [6, 6.07) is 17.5. The van der Waals surface area contributed by atoms with E-state index in [0.717, 1.165) is 22.8 Å². The fourth-order valence-electron chi connectivity index (χ4n) is 4.66. The van der Waals surface area contributed by atoms with Crippen LogP contribution in [0.4, 0.5) is 5.69 Å². The summed E-state index contributed by atoms with van der Waals surface area (Å²) in [6.07, 6.45) is 1.22. The van der Waals surface area contributed by atoms with Gasteiger partial charge in [0.25, 0.3) is 10.0 Å².